The molecule has 3 heteroatoms. The molecule has 1 N–H and O–H groups in total. The first-order valence-corrected chi connectivity index (χ1v) is 14.0. The molecular weight excluding hydrogens is 438 g/mol. The predicted octanol–water partition coefficient (Wildman–Crippen LogP) is 6.99. The van der Waals surface area contributed by atoms with E-state index in [0.717, 1.165) is 51.7 Å². The third-order valence-corrected chi connectivity index (χ3v) is 7.78. The van der Waals surface area contributed by atoms with E-state index in [0.29, 0.717) is 12.0 Å². The minimum atomic E-state index is -0.239. The summed E-state index contributed by atoms with van der Waals surface area (Å²) in [6, 6.07) is 11.3. The molecule has 36 heavy (non-hydrogen) atoms. The molecule has 0 aromatic heterocycles. The zero-order valence-corrected chi connectivity index (χ0v) is 23.0. The summed E-state index contributed by atoms with van der Waals surface area (Å²) in [5.74, 6) is 0.639. The molecule has 4 rings (SSSR count). The summed E-state index contributed by atoms with van der Waals surface area (Å²) in [5.41, 5.74) is 7.16. The van der Waals surface area contributed by atoms with Crippen LogP contribution in [0.15, 0.2) is 96.3 Å². The van der Waals surface area contributed by atoms with Crippen LogP contribution in [0.3, 0.4) is 0 Å². The Labute approximate surface area is 220 Å². The van der Waals surface area contributed by atoms with Gasteiger partial charge in [0.1, 0.15) is 0 Å². The first kappa shape index (κ1) is 28.2. The number of benzene rings is 1. The zero-order chi connectivity index (χ0) is 25.8. The van der Waals surface area contributed by atoms with Crippen LogP contribution in [-0.2, 0) is 5.41 Å². The summed E-state index contributed by atoms with van der Waals surface area (Å²) >= 11 is 0. The topological polar surface area (TPSA) is 18.5 Å². The Morgan fingerprint density at radius 1 is 1.14 bits per heavy atom. The molecule has 1 saturated heterocycles. The molecule has 0 saturated carbocycles. The lowest BCUT2D eigenvalue weighted by molar-refractivity contribution is 0.00836. The third-order valence-electron chi connectivity index (χ3n) is 7.78. The summed E-state index contributed by atoms with van der Waals surface area (Å²) in [6.07, 6.45) is 23.3. The Hall–Kier alpha value is -2.42. The van der Waals surface area contributed by atoms with Crippen molar-refractivity contribution < 1.29 is 0 Å². The van der Waals surface area contributed by atoms with E-state index >= 15 is 0 Å². The van der Waals surface area contributed by atoms with E-state index in [2.05, 4.69) is 108 Å². The van der Waals surface area contributed by atoms with Crippen LogP contribution in [0.4, 0.5) is 0 Å². The van der Waals surface area contributed by atoms with Gasteiger partial charge in [-0.15, -0.1) is 5.73 Å². The third kappa shape index (κ3) is 6.47. The Bertz CT molecular complexity index is 979. The summed E-state index contributed by atoms with van der Waals surface area (Å²) in [4.78, 5) is 0. The molecule has 1 aromatic carbocycles. The van der Waals surface area contributed by atoms with Crippen molar-refractivity contribution in [1.82, 2.24) is 15.3 Å². The molecule has 3 unspecified atom stereocenters. The lowest BCUT2D eigenvalue weighted by Crippen LogP contribution is -2.50. The Morgan fingerprint density at radius 3 is 2.64 bits per heavy atom. The normalized spacial score (nSPS) is 23.7. The molecular formula is C33H47N3. The maximum absolute atomic E-state index is 4.03. The molecule has 1 aromatic rings. The van der Waals surface area contributed by atoms with Crippen LogP contribution in [0, 0.1) is 5.92 Å². The zero-order valence-electron chi connectivity index (χ0n) is 23.0. The number of allylic oxidation sites excluding steroid dienone is 6. The van der Waals surface area contributed by atoms with Crippen LogP contribution < -0.4 is 5.32 Å². The molecule has 0 radical (unpaired) electrons. The predicted molar refractivity (Wildman–Crippen MR) is 156 cm³/mol. The van der Waals surface area contributed by atoms with E-state index in [4.69, 9.17) is 0 Å². The number of nitrogens with zero attached hydrogens (tertiary/aromatic N) is 2. The van der Waals surface area contributed by atoms with E-state index in [1.54, 1.807) is 0 Å². The van der Waals surface area contributed by atoms with Crippen molar-refractivity contribution in [3.8, 4) is 0 Å². The lowest BCUT2D eigenvalue weighted by Gasteiger charge is -2.43. The van der Waals surface area contributed by atoms with Crippen LogP contribution in [0.25, 0.3) is 0 Å². The summed E-state index contributed by atoms with van der Waals surface area (Å²) in [5, 5.41) is 8.37. The average Bonchev–Trinajstić information content (AvgIpc) is 3.32. The fourth-order valence-electron chi connectivity index (χ4n) is 5.99. The highest BCUT2D eigenvalue weighted by atomic mass is 15.6. The quantitative estimate of drug-likeness (QED) is 0.360. The van der Waals surface area contributed by atoms with Gasteiger partial charge in [-0.25, -0.2) is 10.0 Å². The minimum Gasteiger partial charge on any atom is -0.319 e. The lowest BCUT2D eigenvalue weighted by atomic mass is 9.66. The van der Waals surface area contributed by atoms with E-state index in [9.17, 15) is 0 Å². The molecule has 1 aliphatic heterocycles. The number of hydrazine groups is 1. The summed E-state index contributed by atoms with van der Waals surface area (Å²) in [7, 11) is 4.31. The maximum atomic E-state index is 4.03. The fraction of sp³-hybridized carbons (Fsp3) is 0.485. The van der Waals surface area contributed by atoms with Gasteiger partial charge < -0.3 is 5.32 Å². The van der Waals surface area contributed by atoms with Crippen molar-refractivity contribution in [2.24, 2.45) is 5.92 Å². The summed E-state index contributed by atoms with van der Waals surface area (Å²) < 4.78 is 0. The number of hydrogen-bond donors (Lipinski definition) is 1. The van der Waals surface area contributed by atoms with Gasteiger partial charge in [-0.05, 0) is 75.2 Å². The van der Waals surface area contributed by atoms with Gasteiger partial charge in [0.2, 0.25) is 0 Å². The maximum Gasteiger partial charge on any atom is 0.0621 e. The number of hydrogen-bond acceptors (Lipinski definition) is 3. The molecule has 0 amide bonds. The highest BCUT2D eigenvalue weighted by Gasteiger charge is 2.47. The van der Waals surface area contributed by atoms with Crippen LogP contribution in [0.5, 0.6) is 0 Å². The molecule has 1 fully saturated rings. The Kier molecular flexibility index (Phi) is 11.2. The number of nitrogens with one attached hydrogen (secondary N) is 1. The van der Waals surface area contributed by atoms with Gasteiger partial charge in [0.25, 0.3) is 0 Å². The van der Waals surface area contributed by atoms with E-state index in [1.807, 2.05) is 20.9 Å². The molecule has 3 nitrogen and oxygen atoms in total. The molecule has 3 atom stereocenters. The van der Waals surface area contributed by atoms with Gasteiger partial charge >= 0.3 is 0 Å². The van der Waals surface area contributed by atoms with Crippen LogP contribution >= 0.6 is 0 Å². The first-order valence-electron chi connectivity index (χ1n) is 14.0. The molecule has 3 aliphatic rings. The van der Waals surface area contributed by atoms with Gasteiger partial charge in [0.15, 0.2) is 0 Å². The second-order valence-corrected chi connectivity index (χ2v) is 9.84. The van der Waals surface area contributed by atoms with Crippen LogP contribution in [0.1, 0.15) is 57.9 Å². The van der Waals surface area contributed by atoms with Gasteiger partial charge in [-0.2, -0.15) is 0 Å². The first-order chi connectivity index (χ1) is 17.7. The summed E-state index contributed by atoms with van der Waals surface area (Å²) in [6.45, 7) is 11.3. The number of likely N-dealkylation sites (N-methyl/N-ethyl adjacent to an activating group) is 1. The SMILES string of the molecule is C=C=CC(C1=CCCC=C1)(c1ccccc1)C1CCN(CCC2C=C(CCNC)C=CC2)N1C.CC. The van der Waals surface area contributed by atoms with Gasteiger partial charge in [0.05, 0.1) is 5.41 Å². The van der Waals surface area contributed by atoms with E-state index < -0.39 is 0 Å². The standard InChI is InChI=1S/C31H41N3.C2H6/c1-4-21-31(28-14-7-5-8-15-28,29-16-9-6-10-17-29)30-20-24-34(33(30)3)23-19-27-13-11-12-26(25-27)18-22-32-2;1-2/h5,7-9,11-12,14-17,21,25,27,30,32H,1,6,10,13,18-20,22-24H2,2-3H3;1-2H3. The molecule has 2 aliphatic carbocycles. The molecule has 0 bridgehead atoms. The average molecular weight is 486 g/mol. The van der Waals surface area contributed by atoms with Crippen molar-refractivity contribution in [1.29, 1.82) is 0 Å². The van der Waals surface area contributed by atoms with Crippen LogP contribution in [0.2, 0.25) is 0 Å². The number of rotatable bonds is 10. The second kappa shape index (κ2) is 14.4. The Morgan fingerprint density at radius 2 is 1.94 bits per heavy atom. The molecule has 194 valence electrons. The highest BCUT2D eigenvalue weighted by Crippen LogP contribution is 2.45. The monoisotopic (exact) mass is 485 g/mol. The highest BCUT2D eigenvalue weighted by molar-refractivity contribution is 5.50. The van der Waals surface area contributed by atoms with Gasteiger partial charge in [0, 0.05) is 26.2 Å². The van der Waals surface area contributed by atoms with Crippen molar-refractivity contribution in [2.45, 2.75) is 63.8 Å². The van der Waals surface area contributed by atoms with E-state index in [1.165, 1.54) is 23.1 Å². The van der Waals surface area contributed by atoms with Crippen LogP contribution in [-0.4, -0.2) is 49.8 Å². The van der Waals surface area contributed by atoms with Crippen molar-refractivity contribution in [2.75, 3.05) is 33.7 Å². The van der Waals surface area contributed by atoms with Crippen molar-refractivity contribution in [3.63, 3.8) is 0 Å². The van der Waals surface area contributed by atoms with Gasteiger partial charge in [-0.3, -0.25) is 0 Å². The smallest absolute Gasteiger partial charge is 0.0621 e. The minimum absolute atomic E-state index is 0.239. The largest absolute Gasteiger partial charge is 0.319 e. The Balaban J connectivity index is 0.00000176. The van der Waals surface area contributed by atoms with E-state index in [-0.39, 0.29) is 5.41 Å². The van der Waals surface area contributed by atoms with Crippen molar-refractivity contribution >= 4 is 0 Å². The molecule has 1 heterocycles. The van der Waals surface area contributed by atoms with Gasteiger partial charge in [-0.1, -0.05) is 92.8 Å². The molecule has 0 spiro atoms. The second-order valence-electron chi connectivity index (χ2n) is 9.84. The fourth-order valence-corrected chi connectivity index (χ4v) is 5.99. The van der Waals surface area contributed by atoms with Crippen molar-refractivity contribution in [3.05, 3.63) is 102 Å².